The van der Waals surface area contributed by atoms with Gasteiger partial charge in [-0.25, -0.2) is 15.0 Å². The predicted octanol–water partition coefficient (Wildman–Crippen LogP) is 13.7. The Morgan fingerprint density at radius 2 is 0.893 bits per heavy atom. The van der Waals surface area contributed by atoms with Gasteiger partial charge in [0.25, 0.3) is 0 Å². The molecule has 56 heavy (non-hydrogen) atoms. The van der Waals surface area contributed by atoms with Crippen LogP contribution in [0.3, 0.4) is 0 Å². The zero-order chi connectivity index (χ0) is 37.3. The molecule has 7 aromatic carbocycles. The van der Waals surface area contributed by atoms with E-state index in [0.717, 1.165) is 59.1 Å². The SMILES string of the molecule is C1=CC(c2c3c(c(-c4cccc(-c5nc(-c6ccccc6)nc(-c6cccc(-c7ccccc7-c7ccccc7)c6)n5)c4)c4ccccc24)C=CCC3)=CCC1. The Balaban J connectivity index is 1.13. The third-order valence-corrected chi connectivity index (χ3v) is 11.0. The summed E-state index contributed by atoms with van der Waals surface area (Å²) in [5.41, 5.74) is 15.4. The van der Waals surface area contributed by atoms with Gasteiger partial charge in [-0.1, -0.05) is 176 Å². The van der Waals surface area contributed by atoms with E-state index in [4.69, 9.17) is 15.0 Å². The highest BCUT2D eigenvalue weighted by Gasteiger charge is 2.23. The van der Waals surface area contributed by atoms with Crippen LogP contribution >= 0.6 is 0 Å². The van der Waals surface area contributed by atoms with Gasteiger partial charge in [-0.3, -0.25) is 0 Å². The number of fused-ring (bicyclic) bond motifs is 2. The Bertz CT molecular complexity index is 2850. The zero-order valence-electron chi connectivity index (χ0n) is 31.1. The maximum atomic E-state index is 5.22. The first kappa shape index (κ1) is 33.6. The van der Waals surface area contributed by atoms with E-state index < -0.39 is 0 Å². The first-order chi connectivity index (χ1) is 27.8. The van der Waals surface area contributed by atoms with Crippen molar-refractivity contribution in [2.45, 2.75) is 25.7 Å². The number of rotatable bonds is 7. The van der Waals surface area contributed by atoms with Crippen molar-refractivity contribution < 1.29 is 0 Å². The fourth-order valence-electron chi connectivity index (χ4n) is 8.42. The highest BCUT2D eigenvalue weighted by molar-refractivity contribution is 6.09. The largest absolute Gasteiger partial charge is 0.208 e. The van der Waals surface area contributed by atoms with Gasteiger partial charge < -0.3 is 0 Å². The fourth-order valence-corrected chi connectivity index (χ4v) is 8.42. The van der Waals surface area contributed by atoms with Crippen molar-refractivity contribution in [2.75, 3.05) is 0 Å². The lowest BCUT2D eigenvalue weighted by molar-refractivity contribution is 0.982. The molecule has 0 aliphatic heterocycles. The number of hydrogen-bond donors (Lipinski definition) is 0. The minimum absolute atomic E-state index is 0.641. The van der Waals surface area contributed by atoms with E-state index in [-0.39, 0.29) is 0 Å². The molecule has 266 valence electrons. The summed E-state index contributed by atoms with van der Waals surface area (Å²) in [4.78, 5) is 15.5. The Kier molecular flexibility index (Phi) is 8.81. The normalized spacial score (nSPS) is 13.4. The Morgan fingerprint density at radius 3 is 1.57 bits per heavy atom. The molecule has 1 heterocycles. The van der Waals surface area contributed by atoms with Gasteiger partial charge in [-0.2, -0.15) is 0 Å². The summed E-state index contributed by atoms with van der Waals surface area (Å²) in [7, 11) is 0. The highest BCUT2D eigenvalue weighted by Crippen LogP contribution is 2.44. The molecule has 0 radical (unpaired) electrons. The Morgan fingerprint density at radius 1 is 0.375 bits per heavy atom. The first-order valence-electron chi connectivity index (χ1n) is 19.6. The number of hydrogen-bond acceptors (Lipinski definition) is 3. The molecule has 0 saturated carbocycles. The number of benzene rings is 7. The molecule has 2 aliphatic carbocycles. The lowest BCUT2D eigenvalue weighted by atomic mass is 9.79. The number of nitrogens with zero attached hydrogens (tertiary/aromatic N) is 3. The van der Waals surface area contributed by atoms with Crippen molar-refractivity contribution >= 4 is 22.4 Å². The molecule has 0 saturated heterocycles. The zero-order valence-corrected chi connectivity index (χ0v) is 31.1. The highest BCUT2D eigenvalue weighted by atomic mass is 15.0. The first-order valence-corrected chi connectivity index (χ1v) is 19.6. The van der Waals surface area contributed by atoms with E-state index in [1.54, 1.807) is 0 Å². The monoisotopic (exact) mass is 717 g/mol. The summed E-state index contributed by atoms with van der Waals surface area (Å²) in [6.07, 6.45) is 16.0. The quantitative estimate of drug-likeness (QED) is 0.165. The van der Waals surface area contributed by atoms with Crippen molar-refractivity contribution in [3.05, 3.63) is 199 Å². The molecule has 10 rings (SSSR count). The summed E-state index contributed by atoms with van der Waals surface area (Å²) >= 11 is 0. The molecule has 2 aliphatic rings. The minimum atomic E-state index is 0.641. The molecular weight excluding hydrogens is 679 g/mol. The molecule has 0 bridgehead atoms. The Hall–Kier alpha value is -6.97. The molecule has 0 fully saturated rings. The molecular formula is C53H39N3. The van der Waals surface area contributed by atoms with E-state index in [9.17, 15) is 0 Å². The molecule has 3 heteroatoms. The molecule has 8 aromatic rings. The van der Waals surface area contributed by atoms with Gasteiger partial charge >= 0.3 is 0 Å². The fraction of sp³-hybridized carbons (Fsp3) is 0.0755. The van der Waals surface area contributed by atoms with Crippen LogP contribution < -0.4 is 0 Å². The second kappa shape index (κ2) is 14.7. The molecule has 0 spiro atoms. The second-order valence-electron chi connectivity index (χ2n) is 14.5. The Labute approximate surface area is 328 Å². The third-order valence-electron chi connectivity index (χ3n) is 11.0. The van der Waals surface area contributed by atoms with Gasteiger partial charge in [0.05, 0.1) is 0 Å². The maximum Gasteiger partial charge on any atom is 0.164 e. The predicted molar refractivity (Wildman–Crippen MR) is 234 cm³/mol. The van der Waals surface area contributed by atoms with E-state index in [0.29, 0.717) is 17.5 Å². The van der Waals surface area contributed by atoms with Gasteiger partial charge in [-0.05, 0) is 104 Å². The molecule has 3 nitrogen and oxygen atoms in total. The van der Waals surface area contributed by atoms with Gasteiger partial charge in [0.1, 0.15) is 0 Å². The van der Waals surface area contributed by atoms with Gasteiger partial charge in [0.15, 0.2) is 17.5 Å². The topological polar surface area (TPSA) is 38.7 Å². The van der Waals surface area contributed by atoms with Crippen molar-refractivity contribution in [3.8, 4) is 67.5 Å². The number of allylic oxidation sites excluding steroid dienone is 5. The number of aromatic nitrogens is 3. The molecule has 1 aromatic heterocycles. The van der Waals surface area contributed by atoms with Gasteiger partial charge in [-0.15, -0.1) is 0 Å². The van der Waals surface area contributed by atoms with Crippen LogP contribution in [0.25, 0.3) is 90.0 Å². The average molecular weight is 718 g/mol. The average Bonchev–Trinajstić information content (AvgIpc) is 3.29. The van der Waals surface area contributed by atoms with Crippen LogP contribution in [0.4, 0.5) is 0 Å². The molecule has 0 atom stereocenters. The van der Waals surface area contributed by atoms with E-state index in [1.165, 1.54) is 49.7 Å². The third kappa shape index (κ3) is 6.27. The van der Waals surface area contributed by atoms with E-state index in [1.807, 2.05) is 18.2 Å². The molecule has 0 amide bonds. The van der Waals surface area contributed by atoms with Crippen LogP contribution in [0.2, 0.25) is 0 Å². The van der Waals surface area contributed by atoms with Crippen LogP contribution in [0.15, 0.2) is 182 Å². The minimum Gasteiger partial charge on any atom is -0.208 e. The van der Waals surface area contributed by atoms with Crippen LogP contribution in [0.1, 0.15) is 36.0 Å². The van der Waals surface area contributed by atoms with E-state index in [2.05, 4.69) is 170 Å². The lowest BCUT2D eigenvalue weighted by Crippen LogP contribution is -2.05. The summed E-state index contributed by atoms with van der Waals surface area (Å²) in [5, 5.41) is 2.57. The smallest absolute Gasteiger partial charge is 0.164 e. The standard InChI is InChI=1S/C53H39N3/c1-4-18-36(19-5-1)43-28-10-11-29-44(43)39-24-16-26-41(34-39)52-54-51(38-22-8-3-9-23-38)55-53(56-52)42-27-17-25-40(35-42)50-47-32-14-12-30-45(47)49(37-20-6-2-7-21-37)46-31-13-15-33-48(46)50/h1,3-6,8-12,14-30,32-35H,2,7,13,31H2. The van der Waals surface area contributed by atoms with Crippen molar-refractivity contribution in [3.63, 3.8) is 0 Å². The summed E-state index contributed by atoms with van der Waals surface area (Å²) in [5.74, 6) is 1.94. The van der Waals surface area contributed by atoms with Crippen LogP contribution in [0, 0.1) is 0 Å². The maximum absolute atomic E-state index is 5.22. The van der Waals surface area contributed by atoms with Crippen molar-refractivity contribution in [1.29, 1.82) is 0 Å². The molecule has 0 N–H and O–H groups in total. The lowest BCUT2D eigenvalue weighted by Gasteiger charge is -2.25. The van der Waals surface area contributed by atoms with Crippen LogP contribution in [-0.2, 0) is 6.42 Å². The molecule has 0 unspecified atom stereocenters. The van der Waals surface area contributed by atoms with Gasteiger partial charge in [0.2, 0.25) is 0 Å². The summed E-state index contributed by atoms with van der Waals surface area (Å²) < 4.78 is 0. The van der Waals surface area contributed by atoms with Gasteiger partial charge in [0, 0.05) is 16.7 Å². The summed E-state index contributed by atoms with van der Waals surface area (Å²) in [6.45, 7) is 0. The van der Waals surface area contributed by atoms with Crippen molar-refractivity contribution in [2.24, 2.45) is 0 Å². The van der Waals surface area contributed by atoms with E-state index >= 15 is 0 Å². The van der Waals surface area contributed by atoms with Crippen LogP contribution in [0.5, 0.6) is 0 Å². The summed E-state index contributed by atoms with van der Waals surface area (Å²) in [6, 6.07) is 55.6. The van der Waals surface area contributed by atoms with Crippen LogP contribution in [-0.4, -0.2) is 15.0 Å². The second-order valence-corrected chi connectivity index (χ2v) is 14.5. The van der Waals surface area contributed by atoms with Crippen molar-refractivity contribution in [1.82, 2.24) is 15.0 Å².